The number of benzene rings is 2. The molecule has 1 aliphatic heterocycles. The number of piperidine rings is 1. The Balaban J connectivity index is 1.41. The molecule has 0 radical (unpaired) electrons. The molecule has 1 saturated heterocycles. The number of aromatic amines is 1. The van der Waals surface area contributed by atoms with Gasteiger partial charge in [-0.25, -0.2) is 0 Å². The quantitative estimate of drug-likeness (QED) is 0.494. The van der Waals surface area contributed by atoms with E-state index in [0.29, 0.717) is 29.6 Å². The summed E-state index contributed by atoms with van der Waals surface area (Å²) < 4.78 is 12.2. The van der Waals surface area contributed by atoms with Crippen molar-refractivity contribution in [3.8, 4) is 23.3 Å². The number of likely N-dealkylation sites (tertiary alicyclic amines) is 1. The summed E-state index contributed by atoms with van der Waals surface area (Å²) >= 11 is 0. The SMILES string of the molecule is CN1CCC(COc2cc3nccc(Oc4ccc5[nH]ccc5c4)c3cc2C#N)CC1. The number of hydrogen-bond acceptors (Lipinski definition) is 5. The van der Waals surface area contributed by atoms with Crippen LogP contribution >= 0.6 is 0 Å². The first kappa shape index (κ1) is 19.4. The van der Waals surface area contributed by atoms with Crippen molar-refractivity contribution in [2.24, 2.45) is 5.92 Å². The average Bonchev–Trinajstić information content (AvgIpc) is 3.26. The number of ether oxygens (including phenoxy) is 2. The Labute approximate surface area is 181 Å². The van der Waals surface area contributed by atoms with Crippen LogP contribution in [0, 0.1) is 17.2 Å². The molecule has 2 aromatic heterocycles. The van der Waals surface area contributed by atoms with Gasteiger partial charge >= 0.3 is 0 Å². The second-order valence-electron chi connectivity index (χ2n) is 8.17. The molecular formula is C25H24N4O2. The van der Waals surface area contributed by atoms with Gasteiger partial charge in [0.1, 0.15) is 23.3 Å². The Morgan fingerprint density at radius 3 is 2.84 bits per heavy atom. The lowest BCUT2D eigenvalue weighted by Crippen LogP contribution is -2.32. The number of fused-ring (bicyclic) bond motifs is 2. The molecule has 2 aromatic carbocycles. The number of pyridine rings is 1. The number of aromatic nitrogens is 2. The Hall–Kier alpha value is -3.56. The zero-order valence-electron chi connectivity index (χ0n) is 17.5. The maximum atomic E-state index is 9.72. The largest absolute Gasteiger partial charge is 0.492 e. The van der Waals surface area contributed by atoms with Crippen LogP contribution in [-0.4, -0.2) is 41.6 Å². The summed E-state index contributed by atoms with van der Waals surface area (Å²) in [6.45, 7) is 2.81. The summed E-state index contributed by atoms with van der Waals surface area (Å²) in [5.74, 6) is 2.51. The summed E-state index contributed by atoms with van der Waals surface area (Å²) in [6, 6.07) is 15.7. The van der Waals surface area contributed by atoms with Gasteiger partial charge in [-0.05, 0) is 75.3 Å². The maximum absolute atomic E-state index is 9.72. The fraction of sp³-hybridized carbons (Fsp3) is 0.280. The van der Waals surface area contributed by atoms with Crippen molar-refractivity contribution in [1.29, 1.82) is 5.26 Å². The zero-order valence-corrected chi connectivity index (χ0v) is 17.5. The van der Waals surface area contributed by atoms with Gasteiger partial charge in [-0.1, -0.05) is 0 Å². The number of nitrogens with one attached hydrogen (secondary N) is 1. The minimum atomic E-state index is 0.499. The van der Waals surface area contributed by atoms with Crippen LogP contribution in [0.4, 0.5) is 0 Å². The number of nitrogens with zero attached hydrogens (tertiary/aromatic N) is 3. The van der Waals surface area contributed by atoms with E-state index < -0.39 is 0 Å². The van der Waals surface area contributed by atoms with Crippen LogP contribution in [0.1, 0.15) is 18.4 Å². The molecule has 3 heterocycles. The Kier molecular flexibility index (Phi) is 5.19. The van der Waals surface area contributed by atoms with Gasteiger partial charge in [-0.2, -0.15) is 5.26 Å². The summed E-state index contributed by atoms with van der Waals surface area (Å²) in [5.41, 5.74) is 2.31. The maximum Gasteiger partial charge on any atom is 0.139 e. The summed E-state index contributed by atoms with van der Waals surface area (Å²) in [6.07, 6.45) is 5.86. The zero-order chi connectivity index (χ0) is 21.2. The molecule has 1 N–H and O–H groups in total. The van der Waals surface area contributed by atoms with Gasteiger partial charge in [0.05, 0.1) is 17.7 Å². The predicted molar refractivity (Wildman–Crippen MR) is 121 cm³/mol. The van der Waals surface area contributed by atoms with Gasteiger partial charge in [0.25, 0.3) is 0 Å². The second-order valence-corrected chi connectivity index (χ2v) is 8.17. The standard InChI is InChI=1S/C25H24N4O2/c1-29-10-6-17(7-11-29)16-30-25-14-23-21(13-19(25)15-26)24(5-9-28-23)31-20-2-3-22-18(12-20)4-8-27-22/h2-5,8-9,12-14,17,27H,6-7,10-11,16H2,1H3. The number of nitriles is 1. The van der Waals surface area contributed by atoms with Crippen LogP contribution in [0.5, 0.6) is 17.2 Å². The first-order valence-electron chi connectivity index (χ1n) is 10.6. The van der Waals surface area contributed by atoms with E-state index in [9.17, 15) is 5.26 Å². The van der Waals surface area contributed by atoms with Gasteiger partial charge in [0.15, 0.2) is 0 Å². The third-order valence-electron chi connectivity index (χ3n) is 5.99. The van der Waals surface area contributed by atoms with Crippen molar-refractivity contribution in [3.63, 3.8) is 0 Å². The molecule has 156 valence electrons. The predicted octanol–water partition coefficient (Wildman–Crippen LogP) is 5.10. The van der Waals surface area contributed by atoms with E-state index in [1.54, 1.807) is 6.20 Å². The highest BCUT2D eigenvalue weighted by Gasteiger charge is 2.18. The van der Waals surface area contributed by atoms with Gasteiger partial charge in [-0.3, -0.25) is 4.98 Å². The van der Waals surface area contributed by atoms with Crippen molar-refractivity contribution in [2.75, 3.05) is 26.7 Å². The van der Waals surface area contributed by atoms with E-state index >= 15 is 0 Å². The van der Waals surface area contributed by atoms with Crippen LogP contribution in [0.15, 0.2) is 54.9 Å². The third kappa shape index (κ3) is 4.05. The molecule has 0 saturated carbocycles. The molecule has 0 amide bonds. The smallest absolute Gasteiger partial charge is 0.139 e. The average molecular weight is 412 g/mol. The van der Waals surface area contributed by atoms with Gasteiger partial charge < -0.3 is 19.4 Å². The molecule has 1 fully saturated rings. The van der Waals surface area contributed by atoms with E-state index in [0.717, 1.165) is 53.5 Å². The van der Waals surface area contributed by atoms with Crippen molar-refractivity contribution in [2.45, 2.75) is 12.8 Å². The fourth-order valence-electron chi connectivity index (χ4n) is 4.10. The molecule has 6 heteroatoms. The first-order valence-corrected chi connectivity index (χ1v) is 10.6. The molecule has 31 heavy (non-hydrogen) atoms. The Bertz CT molecular complexity index is 1270. The molecule has 0 bridgehead atoms. The molecule has 0 unspecified atom stereocenters. The minimum absolute atomic E-state index is 0.499. The third-order valence-corrected chi connectivity index (χ3v) is 5.99. The van der Waals surface area contributed by atoms with Crippen molar-refractivity contribution in [1.82, 2.24) is 14.9 Å². The van der Waals surface area contributed by atoms with E-state index in [-0.39, 0.29) is 0 Å². The monoisotopic (exact) mass is 412 g/mol. The van der Waals surface area contributed by atoms with Gasteiger partial charge in [0.2, 0.25) is 0 Å². The second kappa shape index (κ2) is 8.29. The Morgan fingerprint density at radius 2 is 2.00 bits per heavy atom. The van der Waals surface area contributed by atoms with Gasteiger partial charge in [-0.15, -0.1) is 0 Å². The van der Waals surface area contributed by atoms with Crippen LogP contribution in [0.25, 0.3) is 21.8 Å². The molecule has 0 spiro atoms. The first-order chi connectivity index (χ1) is 15.2. The molecule has 0 atom stereocenters. The minimum Gasteiger partial charge on any atom is -0.492 e. The number of hydrogen-bond donors (Lipinski definition) is 1. The highest BCUT2D eigenvalue weighted by Crippen LogP contribution is 2.34. The molecular weight excluding hydrogens is 388 g/mol. The fourth-order valence-corrected chi connectivity index (χ4v) is 4.10. The highest BCUT2D eigenvalue weighted by atomic mass is 16.5. The van der Waals surface area contributed by atoms with Crippen LogP contribution in [0.2, 0.25) is 0 Å². The topological polar surface area (TPSA) is 74.2 Å². The van der Waals surface area contributed by atoms with Gasteiger partial charge in [0, 0.05) is 34.7 Å². The van der Waals surface area contributed by atoms with Crippen LogP contribution in [-0.2, 0) is 0 Å². The van der Waals surface area contributed by atoms with E-state index in [4.69, 9.17) is 9.47 Å². The summed E-state index contributed by atoms with van der Waals surface area (Å²) in [7, 11) is 2.15. The highest BCUT2D eigenvalue weighted by molar-refractivity contribution is 5.88. The number of H-pyrrole nitrogens is 1. The number of rotatable bonds is 5. The van der Waals surface area contributed by atoms with Crippen LogP contribution in [0.3, 0.4) is 0 Å². The van der Waals surface area contributed by atoms with E-state index in [1.807, 2.05) is 48.7 Å². The lowest BCUT2D eigenvalue weighted by Gasteiger charge is -2.28. The lowest BCUT2D eigenvalue weighted by molar-refractivity contribution is 0.160. The van der Waals surface area contributed by atoms with Crippen molar-refractivity contribution >= 4 is 21.8 Å². The Morgan fingerprint density at radius 1 is 1.13 bits per heavy atom. The van der Waals surface area contributed by atoms with E-state index in [1.165, 1.54) is 0 Å². The molecule has 4 aromatic rings. The van der Waals surface area contributed by atoms with Crippen molar-refractivity contribution < 1.29 is 9.47 Å². The molecule has 1 aliphatic rings. The van der Waals surface area contributed by atoms with Crippen LogP contribution < -0.4 is 9.47 Å². The molecule has 0 aliphatic carbocycles. The van der Waals surface area contributed by atoms with E-state index in [2.05, 4.69) is 28.0 Å². The molecule has 6 nitrogen and oxygen atoms in total. The summed E-state index contributed by atoms with van der Waals surface area (Å²) in [5, 5.41) is 11.6. The summed E-state index contributed by atoms with van der Waals surface area (Å²) in [4.78, 5) is 10.0. The molecule has 5 rings (SSSR count). The van der Waals surface area contributed by atoms with Crippen molar-refractivity contribution in [3.05, 3.63) is 60.4 Å². The lowest BCUT2D eigenvalue weighted by atomic mass is 9.98. The normalized spacial score (nSPS) is 15.2.